The van der Waals surface area contributed by atoms with Crippen molar-refractivity contribution in [3.05, 3.63) is 33.8 Å². The molecule has 0 fully saturated rings. The Bertz CT molecular complexity index is 421. The molecule has 0 aromatic heterocycles. The molecular formula is C10H8ClNO2. The zero-order chi connectivity index (χ0) is 10.7. The second kappa shape index (κ2) is 4.12. The zero-order valence-corrected chi connectivity index (χ0v) is 8.30. The maximum absolute atomic E-state index is 10.7. The van der Waals surface area contributed by atoms with Crippen molar-refractivity contribution < 1.29 is 9.90 Å². The van der Waals surface area contributed by atoms with Crippen LogP contribution in [-0.4, -0.2) is 11.1 Å². The number of hydrogen-bond acceptors (Lipinski definition) is 2. The maximum Gasteiger partial charge on any atom is 0.335 e. The summed E-state index contributed by atoms with van der Waals surface area (Å²) < 4.78 is 0. The first kappa shape index (κ1) is 10.6. The molecule has 0 aliphatic carbocycles. The lowest BCUT2D eigenvalue weighted by atomic mass is 10.0. The molecule has 0 amide bonds. The van der Waals surface area contributed by atoms with Crippen LogP contribution in [0, 0.1) is 11.3 Å². The highest BCUT2D eigenvalue weighted by Crippen LogP contribution is 2.22. The van der Waals surface area contributed by atoms with Crippen LogP contribution >= 0.6 is 11.6 Å². The van der Waals surface area contributed by atoms with Crippen LogP contribution in [0.3, 0.4) is 0 Å². The first-order valence-corrected chi connectivity index (χ1v) is 4.43. The summed E-state index contributed by atoms with van der Waals surface area (Å²) in [5, 5.41) is 17.7. The second-order valence-corrected chi connectivity index (χ2v) is 3.17. The van der Waals surface area contributed by atoms with Crippen molar-refractivity contribution in [1.29, 1.82) is 5.26 Å². The number of benzene rings is 1. The van der Waals surface area contributed by atoms with Crippen molar-refractivity contribution in [2.24, 2.45) is 0 Å². The number of nitrogens with zero attached hydrogens (tertiary/aromatic N) is 1. The smallest absolute Gasteiger partial charge is 0.335 e. The van der Waals surface area contributed by atoms with Crippen molar-refractivity contribution in [2.75, 3.05) is 0 Å². The van der Waals surface area contributed by atoms with Gasteiger partial charge in [-0.2, -0.15) is 5.26 Å². The minimum absolute atomic E-state index is 0.117. The number of nitriles is 1. The number of carboxylic acids is 1. The van der Waals surface area contributed by atoms with Gasteiger partial charge in [0.1, 0.15) is 6.07 Å². The molecule has 0 saturated carbocycles. The topological polar surface area (TPSA) is 61.1 Å². The van der Waals surface area contributed by atoms with Crippen LogP contribution in [0.15, 0.2) is 12.1 Å². The average Bonchev–Trinajstić information content (AvgIpc) is 2.16. The van der Waals surface area contributed by atoms with Gasteiger partial charge in [-0.3, -0.25) is 0 Å². The van der Waals surface area contributed by atoms with E-state index in [2.05, 4.69) is 0 Å². The second-order valence-electron chi connectivity index (χ2n) is 2.76. The Labute approximate surface area is 86.5 Å². The van der Waals surface area contributed by atoms with Gasteiger partial charge in [0, 0.05) is 0 Å². The molecule has 1 rings (SSSR count). The first-order chi connectivity index (χ1) is 6.60. The highest BCUT2D eigenvalue weighted by Gasteiger charge is 2.11. The third kappa shape index (κ3) is 1.86. The third-order valence-corrected chi connectivity index (χ3v) is 2.21. The molecule has 0 spiro atoms. The molecule has 0 aliphatic rings. The number of hydrogen-bond donors (Lipinski definition) is 1. The van der Waals surface area contributed by atoms with Crippen LogP contribution in [0.2, 0.25) is 5.02 Å². The lowest BCUT2D eigenvalue weighted by Gasteiger charge is -2.04. The quantitative estimate of drug-likeness (QED) is 0.814. The summed E-state index contributed by atoms with van der Waals surface area (Å²) in [6, 6.07) is 4.73. The van der Waals surface area contributed by atoms with E-state index in [-0.39, 0.29) is 10.6 Å². The lowest BCUT2D eigenvalue weighted by Crippen LogP contribution is -2.00. The summed E-state index contributed by atoms with van der Waals surface area (Å²) in [5.74, 6) is -1.04. The molecule has 0 atom stereocenters. The van der Waals surface area contributed by atoms with Crippen molar-refractivity contribution >= 4 is 17.6 Å². The van der Waals surface area contributed by atoms with Crippen molar-refractivity contribution in [3.63, 3.8) is 0 Å². The molecule has 0 saturated heterocycles. The van der Waals surface area contributed by atoms with Crippen LogP contribution in [0.1, 0.15) is 28.4 Å². The van der Waals surface area contributed by atoms with Gasteiger partial charge >= 0.3 is 5.97 Å². The molecule has 0 bridgehead atoms. The fourth-order valence-corrected chi connectivity index (χ4v) is 1.47. The van der Waals surface area contributed by atoms with E-state index >= 15 is 0 Å². The summed E-state index contributed by atoms with van der Waals surface area (Å²) in [7, 11) is 0. The minimum atomic E-state index is -1.04. The Morgan fingerprint density at radius 1 is 1.64 bits per heavy atom. The zero-order valence-electron chi connectivity index (χ0n) is 7.54. The summed E-state index contributed by atoms with van der Waals surface area (Å²) in [5.41, 5.74) is 1.14. The molecule has 3 nitrogen and oxygen atoms in total. The van der Waals surface area contributed by atoms with E-state index in [0.717, 1.165) is 0 Å². The van der Waals surface area contributed by atoms with Crippen molar-refractivity contribution in [3.8, 4) is 6.07 Å². The molecule has 72 valence electrons. The van der Waals surface area contributed by atoms with Gasteiger partial charge in [0.25, 0.3) is 0 Å². The minimum Gasteiger partial charge on any atom is -0.478 e. The van der Waals surface area contributed by atoms with Gasteiger partial charge in [-0.15, -0.1) is 0 Å². The number of aryl methyl sites for hydroxylation is 1. The van der Waals surface area contributed by atoms with Crippen LogP contribution in [0.4, 0.5) is 0 Å². The van der Waals surface area contributed by atoms with E-state index in [1.807, 2.05) is 13.0 Å². The van der Waals surface area contributed by atoms with Crippen LogP contribution in [0.5, 0.6) is 0 Å². The standard InChI is InChI=1S/C10H8ClNO2/c1-2-6-3-7(10(13)14)4-9(11)8(6)5-12/h3-4H,2H2,1H3,(H,13,14). The first-order valence-electron chi connectivity index (χ1n) is 4.06. The summed E-state index contributed by atoms with van der Waals surface area (Å²) in [6.45, 7) is 1.85. The van der Waals surface area contributed by atoms with Gasteiger partial charge in [0.05, 0.1) is 16.1 Å². The highest BCUT2D eigenvalue weighted by molar-refractivity contribution is 6.32. The van der Waals surface area contributed by atoms with Gasteiger partial charge < -0.3 is 5.11 Å². The van der Waals surface area contributed by atoms with Gasteiger partial charge in [-0.05, 0) is 24.1 Å². The molecule has 1 N–H and O–H groups in total. The number of aromatic carboxylic acids is 1. The molecule has 14 heavy (non-hydrogen) atoms. The lowest BCUT2D eigenvalue weighted by molar-refractivity contribution is 0.0697. The van der Waals surface area contributed by atoms with Gasteiger partial charge in [-0.1, -0.05) is 18.5 Å². The molecule has 1 aromatic rings. The largest absolute Gasteiger partial charge is 0.478 e. The summed E-state index contributed by atoms with van der Waals surface area (Å²) >= 11 is 5.77. The Morgan fingerprint density at radius 3 is 2.71 bits per heavy atom. The predicted octanol–water partition coefficient (Wildman–Crippen LogP) is 2.47. The fourth-order valence-electron chi connectivity index (χ4n) is 1.19. The Kier molecular flexibility index (Phi) is 3.10. The highest BCUT2D eigenvalue weighted by atomic mass is 35.5. The van der Waals surface area contributed by atoms with E-state index in [9.17, 15) is 4.79 Å². The molecule has 4 heteroatoms. The number of halogens is 1. The Morgan fingerprint density at radius 2 is 2.29 bits per heavy atom. The molecular weight excluding hydrogens is 202 g/mol. The van der Waals surface area contributed by atoms with Crippen molar-refractivity contribution in [2.45, 2.75) is 13.3 Å². The number of carbonyl (C=O) groups is 1. The van der Waals surface area contributed by atoms with E-state index < -0.39 is 5.97 Å². The average molecular weight is 210 g/mol. The monoisotopic (exact) mass is 209 g/mol. The van der Waals surface area contributed by atoms with Crippen molar-refractivity contribution in [1.82, 2.24) is 0 Å². The number of rotatable bonds is 2. The third-order valence-electron chi connectivity index (χ3n) is 1.91. The van der Waals surface area contributed by atoms with Crippen LogP contribution in [-0.2, 0) is 6.42 Å². The SMILES string of the molecule is CCc1cc(C(=O)O)cc(Cl)c1C#N. The predicted molar refractivity (Wildman–Crippen MR) is 52.5 cm³/mol. The van der Waals surface area contributed by atoms with Gasteiger partial charge in [0.2, 0.25) is 0 Å². The summed E-state index contributed by atoms with van der Waals surface area (Å²) in [6.07, 6.45) is 0.587. The Balaban J connectivity index is 3.40. The molecule has 0 heterocycles. The van der Waals surface area contributed by atoms with Crippen LogP contribution in [0.25, 0.3) is 0 Å². The van der Waals surface area contributed by atoms with Gasteiger partial charge in [-0.25, -0.2) is 4.79 Å². The van der Waals surface area contributed by atoms with Gasteiger partial charge in [0.15, 0.2) is 0 Å². The molecule has 1 aromatic carbocycles. The number of carboxylic acid groups (broad SMARTS) is 1. The van der Waals surface area contributed by atoms with E-state index in [4.69, 9.17) is 22.0 Å². The van der Waals surface area contributed by atoms with E-state index in [1.165, 1.54) is 12.1 Å². The van der Waals surface area contributed by atoms with E-state index in [1.54, 1.807) is 0 Å². The molecule has 0 radical (unpaired) electrons. The van der Waals surface area contributed by atoms with Crippen LogP contribution < -0.4 is 0 Å². The molecule has 0 aliphatic heterocycles. The fraction of sp³-hybridized carbons (Fsp3) is 0.200. The van der Waals surface area contributed by atoms with E-state index in [0.29, 0.717) is 17.5 Å². The summed E-state index contributed by atoms with van der Waals surface area (Å²) in [4.78, 5) is 10.7. The molecule has 0 unspecified atom stereocenters. The Hall–Kier alpha value is -1.53. The maximum atomic E-state index is 10.7. The normalized spacial score (nSPS) is 9.50.